The summed E-state index contributed by atoms with van der Waals surface area (Å²) in [7, 11) is 0. The highest BCUT2D eigenvalue weighted by molar-refractivity contribution is 7.99. The fraction of sp³-hybridized carbons (Fsp3) is 0.600. The molecule has 0 saturated carbocycles. The predicted molar refractivity (Wildman–Crippen MR) is 79.4 cm³/mol. The molecule has 1 N–H and O–H groups in total. The van der Waals surface area contributed by atoms with E-state index in [1.807, 2.05) is 18.7 Å². The van der Waals surface area contributed by atoms with Gasteiger partial charge in [-0.15, -0.1) is 0 Å². The molecule has 1 heterocycles. The quantitative estimate of drug-likeness (QED) is 0.876. The van der Waals surface area contributed by atoms with E-state index >= 15 is 0 Å². The predicted octanol–water partition coefficient (Wildman–Crippen LogP) is 3.76. The normalized spacial score (nSPS) is 22.6. The van der Waals surface area contributed by atoms with Gasteiger partial charge in [-0.3, -0.25) is 0 Å². The third-order valence-electron chi connectivity index (χ3n) is 3.35. The van der Waals surface area contributed by atoms with E-state index in [1.54, 1.807) is 0 Å². The Hall–Kier alpha value is -0.670. The van der Waals surface area contributed by atoms with Crippen LogP contribution in [0.3, 0.4) is 0 Å². The van der Waals surface area contributed by atoms with Crippen molar-refractivity contribution in [2.45, 2.75) is 44.2 Å². The van der Waals surface area contributed by atoms with Crippen molar-refractivity contribution in [2.75, 3.05) is 13.2 Å². The van der Waals surface area contributed by atoms with Crippen molar-refractivity contribution in [2.24, 2.45) is 0 Å². The summed E-state index contributed by atoms with van der Waals surface area (Å²) in [6.45, 7) is 8.37. The maximum atomic E-state index is 5.63. The van der Waals surface area contributed by atoms with Gasteiger partial charge in [0.1, 0.15) is 5.75 Å². The zero-order chi connectivity index (χ0) is 13.0. The molecule has 3 heteroatoms. The molecular weight excluding hydrogens is 242 g/mol. The first kappa shape index (κ1) is 13.8. The molecule has 0 fully saturated rings. The zero-order valence-electron chi connectivity index (χ0n) is 11.5. The SMILES string of the molecule is CCCNC1c2cc(OCC)ccc2CSC1C. The number of thioether (sulfide) groups is 1. The second-order valence-electron chi connectivity index (χ2n) is 4.74. The monoisotopic (exact) mass is 265 g/mol. The average Bonchev–Trinajstić information content (AvgIpc) is 2.38. The first-order valence-corrected chi connectivity index (χ1v) is 7.91. The molecule has 0 radical (unpaired) electrons. The van der Waals surface area contributed by atoms with Crippen LogP contribution in [0.15, 0.2) is 18.2 Å². The van der Waals surface area contributed by atoms with E-state index in [0.717, 1.165) is 24.7 Å². The fourth-order valence-corrected chi connectivity index (χ4v) is 3.54. The number of rotatable bonds is 5. The largest absolute Gasteiger partial charge is 0.494 e. The molecule has 1 aliphatic heterocycles. The van der Waals surface area contributed by atoms with Gasteiger partial charge in [-0.1, -0.05) is 19.9 Å². The molecule has 100 valence electrons. The highest BCUT2D eigenvalue weighted by Crippen LogP contribution is 2.38. The third-order valence-corrected chi connectivity index (χ3v) is 4.62. The van der Waals surface area contributed by atoms with Gasteiger partial charge >= 0.3 is 0 Å². The summed E-state index contributed by atoms with van der Waals surface area (Å²) in [4.78, 5) is 0. The molecule has 2 unspecified atom stereocenters. The van der Waals surface area contributed by atoms with Crippen molar-refractivity contribution in [1.82, 2.24) is 5.32 Å². The number of fused-ring (bicyclic) bond motifs is 1. The molecule has 0 spiro atoms. The van der Waals surface area contributed by atoms with E-state index in [0.29, 0.717) is 11.3 Å². The average molecular weight is 265 g/mol. The van der Waals surface area contributed by atoms with Crippen molar-refractivity contribution >= 4 is 11.8 Å². The molecule has 2 nitrogen and oxygen atoms in total. The number of benzene rings is 1. The Bertz CT molecular complexity index is 394. The standard InChI is InChI=1S/C15H23NOS/c1-4-8-16-15-11(3)18-10-12-6-7-13(17-5-2)9-14(12)15/h6-7,9,11,15-16H,4-5,8,10H2,1-3H3. The number of hydrogen-bond acceptors (Lipinski definition) is 3. The Morgan fingerprint density at radius 2 is 2.22 bits per heavy atom. The van der Waals surface area contributed by atoms with E-state index in [2.05, 4.69) is 37.4 Å². The van der Waals surface area contributed by atoms with Gasteiger partial charge in [0, 0.05) is 17.0 Å². The lowest BCUT2D eigenvalue weighted by molar-refractivity contribution is 0.339. The van der Waals surface area contributed by atoms with Crippen molar-refractivity contribution < 1.29 is 4.74 Å². The van der Waals surface area contributed by atoms with Crippen LogP contribution in [0.4, 0.5) is 0 Å². The summed E-state index contributed by atoms with van der Waals surface area (Å²) in [5.41, 5.74) is 2.89. The van der Waals surface area contributed by atoms with Gasteiger partial charge in [-0.05, 0) is 43.1 Å². The lowest BCUT2D eigenvalue weighted by atomic mass is 9.97. The summed E-state index contributed by atoms with van der Waals surface area (Å²) in [5, 5.41) is 4.30. The Morgan fingerprint density at radius 1 is 1.39 bits per heavy atom. The van der Waals surface area contributed by atoms with Crippen molar-refractivity contribution in [1.29, 1.82) is 0 Å². The van der Waals surface area contributed by atoms with Crippen molar-refractivity contribution in [3.8, 4) is 5.75 Å². The molecule has 1 aliphatic rings. The first-order chi connectivity index (χ1) is 8.76. The lowest BCUT2D eigenvalue weighted by Crippen LogP contribution is -2.32. The highest BCUT2D eigenvalue weighted by Gasteiger charge is 2.26. The molecule has 0 aromatic heterocycles. The second kappa shape index (κ2) is 6.48. The van der Waals surface area contributed by atoms with Crippen LogP contribution >= 0.6 is 11.8 Å². The van der Waals surface area contributed by atoms with E-state index in [-0.39, 0.29) is 0 Å². The second-order valence-corrected chi connectivity index (χ2v) is 6.11. The van der Waals surface area contributed by atoms with Gasteiger partial charge in [0.2, 0.25) is 0 Å². The van der Waals surface area contributed by atoms with Gasteiger partial charge in [0.15, 0.2) is 0 Å². The van der Waals surface area contributed by atoms with Crippen LogP contribution in [0, 0.1) is 0 Å². The Kier molecular flexibility index (Phi) is 4.95. The van der Waals surface area contributed by atoms with Crippen LogP contribution in [0.1, 0.15) is 44.4 Å². The minimum atomic E-state index is 0.458. The van der Waals surface area contributed by atoms with Gasteiger partial charge in [-0.2, -0.15) is 11.8 Å². The van der Waals surface area contributed by atoms with E-state index < -0.39 is 0 Å². The molecule has 0 aliphatic carbocycles. The summed E-state index contributed by atoms with van der Waals surface area (Å²) >= 11 is 2.04. The van der Waals surface area contributed by atoms with Gasteiger partial charge in [0.25, 0.3) is 0 Å². The summed E-state index contributed by atoms with van der Waals surface area (Å²) in [6, 6.07) is 7.00. The van der Waals surface area contributed by atoms with E-state index in [9.17, 15) is 0 Å². The maximum Gasteiger partial charge on any atom is 0.119 e. The Labute approximate surface area is 114 Å². The van der Waals surface area contributed by atoms with Crippen LogP contribution < -0.4 is 10.1 Å². The number of nitrogens with one attached hydrogen (secondary N) is 1. The third kappa shape index (κ3) is 3.01. The smallest absolute Gasteiger partial charge is 0.119 e. The summed E-state index contributed by atoms with van der Waals surface area (Å²) < 4.78 is 5.63. The van der Waals surface area contributed by atoms with Gasteiger partial charge in [0.05, 0.1) is 6.61 Å². The Morgan fingerprint density at radius 3 is 2.94 bits per heavy atom. The molecule has 0 bridgehead atoms. The van der Waals surface area contributed by atoms with E-state index in [1.165, 1.54) is 17.5 Å². The maximum absolute atomic E-state index is 5.63. The van der Waals surface area contributed by atoms with Crippen molar-refractivity contribution in [3.63, 3.8) is 0 Å². The Balaban J connectivity index is 2.24. The molecule has 1 aromatic rings. The molecule has 0 saturated heterocycles. The molecule has 1 aromatic carbocycles. The number of ether oxygens (including phenoxy) is 1. The fourth-order valence-electron chi connectivity index (χ4n) is 2.40. The van der Waals surface area contributed by atoms with Crippen molar-refractivity contribution in [3.05, 3.63) is 29.3 Å². The van der Waals surface area contributed by atoms with E-state index in [4.69, 9.17) is 4.74 Å². The summed E-state index contributed by atoms with van der Waals surface area (Å²) in [6.07, 6.45) is 1.17. The van der Waals surface area contributed by atoms with Gasteiger partial charge in [-0.25, -0.2) is 0 Å². The van der Waals surface area contributed by atoms with Gasteiger partial charge < -0.3 is 10.1 Å². The molecule has 0 amide bonds. The van der Waals surface area contributed by atoms with Crippen LogP contribution in [0.25, 0.3) is 0 Å². The lowest BCUT2D eigenvalue weighted by Gasteiger charge is -2.32. The van der Waals surface area contributed by atoms with Crippen LogP contribution in [0.2, 0.25) is 0 Å². The molecule has 2 atom stereocenters. The minimum Gasteiger partial charge on any atom is -0.494 e. The van der Waals surface area contributed by atoms with Crippen LogP contribution in [-0.4, -0.2) is 18.4 Å². The first-order valence-electron chi connectivity index (χ1n) is 6.86. The number of hydrogen-bond donors (Lipinski definition) is 1. The van der Waals surface area contributed by atoms with Crippen LogP contribution in [-0.2, 0) is 5.75 Å². The summed E-state index contributed by atoms with van der Waals surface area (Å²) in [5.74, 6) is 2.12. The molecular formula is C15H23NOS. The molecule has 2 rings (SSSR count). The minimum absolute atomic E-state index is 0.458. The topological polar surface area (TPSA) is 21.3 Å². The van der Waals surface area contributed by atoms with Crippen LogP contribution in [0.5, 0.6) is 5.75 Å². The highest BCUT2D eigenvalue weighted by atomic mass is 32.2. The zero-order valence-corrected chi connectivity index (χ0v) is 12.3. The molecule has 18 heavy (non-hydrogen) atoms.